The van der Waals surface area contributed by atoms with Crippen LogP contribution in [0.3, 0.4) is 0 Å². The minimum absolute atomic E-state index is 0.0463. The highest BCUT2D eigenvalue weighted by Gasteiger charge is 2.26. The van der Waals surface area contributed by atoms with E-state index in [2.05, 4.69) is 0 Å². The predicted molar refractivity (Wildman–Crippen MR) is 93.6 cm³/mol. The third-order valence-electron chi connectivity index (χ3n) is 4.13. The van der Waals surface area contributed by atoms with Gasteiger partial charge in [-0.2, -0.15) is 0 Å². The van der Waals surface area contributed by atoms with E-state index in [1.807, 2.05) is 55.5 Å². The Bertz CT molecular complexity index is 855. The quantitative estimate of drug-likeness (QED) is 0.553. The number of hydrogen-bond donors (Lipinski definition) is 2. The largest absolute Gasteiger partial charge is 0.504 e. The SMILES string of the molecule is Cc1cc(O)c(O)cc1C(C(=O)c1ccccc1)c1ccccc1. The molecule has 0 heterocycles. The van der Waals surface area contributed by atoms with Crippen LogP contribution in [0.4, 0.5) is 0 Å². The second kappa shape index (κ2) is 6.59. The molecule has 0 fully saturated rings. The summed E-state index contributed by atoms with van der Waals surface area (Å²) >= 11 is 0. The van der Waals surface area contributed by atoms with Gasteiger partial charge in [0.05, 0.1) is 5.92 Å². The summed E-state index contributed by atoms with van der Waals surface area (Å²) in [5, 5.41) is 19.6. The summed E-state index contributed by atoms with van der Waals surface area (Å²) in [5.74, 6) is -0.997. The smallest absolute Gasteiger partial charge is 0.174 e. The monoisotopic (exact) mass is 318 g/mol. The molecule has 3 nitrogen and oxygen atoms in total. The van der Waals surface area contributed by atoms with E-state index in [9.17, 15) is 15.0 Å². The first-order chi connectivity index (χ1) is 11.6. The molecule has 1 atom stereocenters. The van der Waals surface area contributed by atoms with Crippen LogP contribution < -0.4 is 0 Å². The normalized spacial score (nSPS) is 11.9. The Morgan fingerprint density at radius 2 is 1.38 bits per heavy atom. The summed E-state index contributed by atoms with van der Waals surface area (Å²) in [4.78, 5) is 13.2. The fraction of sp³-hybridized carbons (Fsp3) is 0.0952. The Morgan fingerprint density at radius 3 is 2.00 bits per heavy atom. The standard InChI is InChI=1S/C21H18O3/c1-14-12-18(22)19(23)13-17(14)20(15-8-4-2-5-9-15)21(24)16-10-6-3-7-11-16/h2-13,20,22-23H,1H3. The lowest BCUT2D eigenvalue weighted by molar-refractivity contribution is 0.0973. The third kappa shape index (κ3) is 3.01. The van der Waals surface area contributed by atoms with Crippen LogP contribution in [-0.2, 0) is 0 Å². The number of phenols is 2. The van der Waals surface area contributed by atoms with Crippen LogP contribution in [0.15, 0.2) is 72.8 Å². The Kier molecular flexibility index (Phi) is 4.34. The molecule has 3 aromatic rings. The predicted octanol–water partition coefficient (Wildman–Crippen LogP) is 4.42. The molecule has 3 rings (SSSR count). The zero-order chi connectivity index (χ0) is 17.1. The average molecular weight is 318 g/mol. The molecule has 3 heteroatoms. The Morgan fingerprint density at radius 1 is 0.833 bits per heavy atom. The number of ketones is 1. The van der Waals surface area contributed by atoms with Crippen LogP contribution in [-0.4, -0.2) is 16.0 Å². The third-order valence-corrected chi connectivity index (χ3v) is 4.13. The molecule has 1 unspecified atom stereocenters. The molecule has 0 saturated carbocycles. The van der Waals surface area contributed by atoms with Crippen molar-refractivity contribution in [3.05, 3.63) is 95.1 Å². The van der Waals surface area contributed by atoms with Crippen molar-refractivity contribution in [1.29, 1.82) is 0 Å². The maximum atomic E-state index is 13.2. The van der Waals surface area contributed by atoms with Gasteiger partial charge < -0.3 is 10.2 Å². The lowest BCUT2D eigenvalue weighted by Crippen LogP contribution is -2.15. The highest BCUT2D eigenvalue weighted by Crippen LogP contribution is 2.36. The van der Waals surface area contributed by atoms with Crippen LogP contribution in [0.5, 0.6) is 11.5 Å². The van der Waals surface area contributed by atoms with Crippen LogP contribution in [0.25, 0.3) is 0 Å². The molecule has 2 N–H and O–H groups in total. The lowest BCUT2D eigenvalue weighted by atomic mass is 9.82. The molecule has 120 valence electrons. The number of hydrogen-bond acceptors (Lipinski definition) is 3. The molecule has 0 amide bonds. The van der Waals surface area contributed by atoms with Gasteiger partial charge in [-0.05, 0) is 35.7 Å². The fourth-order valence-electron chi connectivity index (χ4n) is 2.90. The highest BCUT2D eigenvalue weighted by atomic mass is 16.3. The molecule has 0 spiro atoms. The molecule has 0 bridgehead atoms. The van der Waals surface area contributed by atoms with Gasteiger partial charge in [-0.15, -0.1) is 0 Å². The first-order valence-electron chi connectivity index (χ1n) is 7.74. The summed E-state index contributed by atoms with van der Waals surface area (Å²) in [6, 6.07) is 21.5. The minimum Gasteiger partial charge on any atom is -0.504 e. The molecule has 0 radical (unpaired) electrons. The molecule has 0 aliphatic heterocycles. The van der Waals surface area contributed by atoms with Crippen molar-refractivity contribution in [2.45, 2.75) is 12.8 Å². The van der Waals surface area contributed by atoms with Crippen LogP contribution in [0.1, 0.15) is 33.0 Å². The maximum Gasteiger partial charge on any atom is 0.174 e. The van der Waals surface area contributed by atoms with Crippen molar-refractivity contribution in [2.24, 2.45) is 0 Å². The molecule has 24 heavy (non-hydrogen) atoms. The highest BCUT2D eigenvalue weighted by molar-refractivity contribution is 6.03. The van der Waals surface area contributed by atoms with Gasteiger partial charge in [0.25, 0.3) is 0 Å². The number of rotatable bonds is 4. The zero-order valence-corrected chi connectivity index (χ0v) is 13.3. The van der Waals surface area contributed by atoms with E-state index in [0.29, 0.717) is 11.1 Å². The molecule has 0 aliphatic carbocycles. The van der Waals surface area contributed by atoms with E-state index in [0.717, 1.165) is 11.1 Å². The molecule has 3 aromatic carbocycles. The number of benzene rings is 3. The van der Waals surface area contributed by atoms with Gasteiger partial charge in [0.1, 0.15) is 0 Å². The van der Waals surface area contributed by atoms with Gasteiger partial charge in [-0.1, -0.05) is 60.7 Å². The number of Topliss-reactive ketones (excluding diaryl/α,β-unsaturated/α-hetero) is 1. The first kappa shape index (κ1) is 15.8. The fourth-order valence-corrected chi connectivity index (χ4v) is 2.90. The van der Waals surface area contributed by atoms with Crippen LogP contribution in [0.2, 0.25) is 0 Å². The summed E-state index contributed by atoms with van der Waals surface area (Å²) in [6.07, 6.45) is 0. The first-order valence-corrected chi connectivity index (χ1v) is 7.74. The number of carbonyl (C=O) groups is 1. The lowest BCUT2D eigenvalue weighted by Gasteiger charge is -2.20. The van der Waals surface area contributed by atoms with Crippen molar-refractivity contribution < 1.29 is 15.0 Å². The van der Waals surface area contributed by atoms with E-state index in [1.165, 1.54) is 12.1 Å². The van der Waals surface area contributed by atoms with E-state index in [-0.39, 0.29) is 17.3 Å². The van der Waals surface area contributed by atoms with Crippen molar-refractivity contribution in [3.8, 4) is 11.5 Å². The molecular weight excluding hydrogens is 300 g/mol. The summed E-state index contributed by atoms with van der Waals surface area (Å²) in [6.45, 7) is 1.82. The van der Waals surface area contributed by atoms with E-state index in [4.69, 9.17) is 0 Å². The van der Waals surface area contributed by atoms with Gasteiger partial charge in [0, 0.05) is 5.56 Å². The van der Waals surface area contributed by atoms with E-state index >= 15 is 0 Å². The molecule has 0 aliphatic rings. The second-order valence-corrected chi connectivity index (χ2v) is 5.77. The zero-order valence-electron chi connectivity index (χ0n) is 13.3. The minimum atomic E-state index is -0.542. The van der Waals surface area contributed by atoms with Crippen molar-refractivity contribution in [2.75, 3.05) is 0 Å². The molecular formula is C21H18O3. The number of carbonyl (C=O) groups excluding carboxylic acids is 1. The van der Waals surface area contributed by atoms with Gasteiger partial charge >= 0.3 is 0 Å². The number of phenolic OH excluding ortho intramolecular Hbond substituents is 2. The van der Waals surface area contributed by atoms with Gasteiger partial charge in [-0.25, -0.2) is 0 Å². The summed E-state index contributed by atoms with van der Waals surface area (Å²) in [5.41, 5.74) is 2.90. The van der Waals surface area contributed by atoms with E-state index < -0.39 is 5.92 Å². The topological polar surface area (TPSA) is 57.5 Å². The number of aryl methyl sites for hydroxylation is 1. The van der Waals surface area contributed by atoms with Crippen LogP contribution >= 0.6 is 0 Å². The molecule has 0 aromatic heterocycles. The van der Waals surface area contributed by atoms with Crippen molar-refractivity contribution in [3.63, 3.8) is 0 Å². The Labute approximate surface area is 140 Å². The maximum absolute atomic E-state index is 13.2. The average Bonchev–Trinajstić information content (AvgIpc) is 2.61. The second-order valence-electron chi connectivity index (χ2n) is 5.77. The Balaban J connectivity index is 2.17. The molecule has 0 saturated heterocycles. The van der Waals surface area contributed by atoms with E-state index in [1.54, 1.807) is 12.1 Å². The van der Waals surface area contributed by atoms with Crippen molar-refractivity contribution in [1.82, 2.24) is 0 Å². The summed E-state index contributed by atoms with van der Waals surface area (Å²) < 4.78 is 0. The number of aromatic hydroxyl groups is 2. The Hall–Kier alpha value is -3.07. The van der Waals surface area contributed by atoms with Gasteiger partial charge in [0.15, 0.2) is 17.3 Å². The van der Waals surface area contributed by atoms with Crippen molar-refractivity contribution >= 4 is 5.78 Å². The van der Waals surface area contributed by atoms with Crippen LogP contribution in [0, 0.1) is 6.92 Å². The van der Waals surface area contributed by atoms with Gasteiger partial charge in [0.2, 0.25) is 0 Å². The van der Waals surface area contributed by atoms with Gasteiger partial charge in [-0.3, -0.25) is 4.79 Å². The summed E-state index contributed by atoms with van der Waals surface area (Å²) in [7, 11) is 0.